The molecular formula is C53H49N3O. The SMILES string of the molecule is CC(C)(C)c1cc(-c2nc3c(-c4cc(-c5ccccc5)cc(-c5nccc6c5-c5ccccc5C6(C)C)c4)cccc3n2-c2ccccc2)c(O)c(C(C)(C)C)c1. The summed E-state index contributed by atoms with van der Waals surface area (Å²) in [5, 5.41) is 12.2. The van der Waals surface area contributed by atoms with E-state index in [0.717, 1.165) is 66.9 Å². The highest BCUT2D eigenvalue weighted by Gasteiger charge is 2.37. The Morgan fingerprint density at radius 3 is 1.93 bits per heavy atom. The highest BCUT2D eigenvalue weighted by Crippen LogP contribution is 2.52. The predicted molar refractivity (Wildman–Crippen MR) is 237 cm³/mol. The number of benzene rings is 6. The Kier molecular flexibility index (Phi) is 8.40. The van der Waals surface area contributed by atoms with Crippen molar-refractivity contribution in [3.05, 3.63) is 168 Å². The molecule has 0 spiro atoms. The Morgan fingerprint density at radius 2 is 1.21 bits per heavy atom. The van der Waals surface area contributed by atoms with Gasteiger partial charge >= 0.3 is 0 Å². The minimum Gasteiger partial charge on any atom is -0.507 e. The van der Waals surface area contributed by atoms with E-state index in [0.29, 0.717) is 5.82 Å². The fourth-order valence-corrected chi connectivity index (χ4v) is 8.74. The highest BCUT2D eigenvalue weighted by atomic mass is 16.3. The van der Waals surface area contributed by atoms with Crippen molar-refractivity contribution in [3.63, 3.8) is 0 Å². The van der Waals surface area contributed by atoms with Crippen LogP contribution in [0.15, 0.2) is 146 Å². The molecule has 57 heavy (non-hydrogen) atoms. The third-order valence-corrected chi connectivity index (χ3v) is 11.8. The van der Waals surface area contributed by atoms with Crippen molar-refractivity contribution in [2.24, 2.45) is 0 Å². The number of fused-ring (bicyclic) bond motifs is 4. The van der Waals surface area contributed by atoms with Crippen molar-refractivity contribution < 1.29 is 5.11 Å². The Bertz CT molecular complexity index is 2830. The van der Waals surface area contributed by atoms with Crippen molar-refractivity contribution in [3.8, 4) is 67.5 Å². The summed E-state index contributed by atoms with van der Waals surface area (Å²) in [5.41, 5.74) is 16.4. The Morgan fingerprint density at radius 1 is 0.561 bits per heavy atom. The van der Waals surface area contributed by atoms with Gasteiger partial charge in [-0.1, -0.05) is 146 Å². The average molecular weight is 744 g/mol. The number of nitrogens with zero attached hydrogens (tertiary/aromatic N) is 3. The molecule has 2 aromatic heterocycles. The van der Waals surface area contributed by atoms with Gasteiger partial charge in [0.1, 0.15) is 11.6 Å². The molecule has 4 nitrogen and oxygen atoms in total. The third-order valence-electron chi connectivity index (χ3n) is 11.8. The molecule has 0 fully saturated rings. The van der Waals surface area contributed by atoms with Crippen molar-refractivity contribution in [1.29, 1.82) is 0 Å². The summed E-state index contributed by atoms with van der Waals surface area (Å²) < 4.78 is 2.21. The van der Waals surface area contributed by atoms with E-state index in [4.69, 9.17) is 9.97 Å². The highest BCUT2D eigenvalue weighted by molar-refractivity contribution is 5.99. The zero-order valence-electron chi connectivity index (χ0n) is 34.1. The van der Waals surface area contributed by atoms with Crippen molar-refractivity contribution >= 4 is 11.0 Å². The number of hydrogen-bond acceptors (Lipinski definition) is 3. The first-order valence-electron chi connectivity index (χ1n) is 20.0. The first-order chi connectivity index (χ1) is 27.2. The topological polar surface area (TPSA) is 50.9 Å². The summed E-state index contributed by atoms with van der Waals surface area (Å²) >= 11 is 0. The molecule has 9 rings (SSSR count). The molecule has 0 saturated carbocycles. The molecule has 0 atom stereocenters. The van der Waals surface area contributed by atoms with Crippen LogP contribution in [0.1, 0.15) is 77.6 Å². The summed E-state index contributed by atoms with van der Waals surface area (Å²) in [7, 11) is 0. The Labute approximate surface area is 336 Å². The van der Waals surface area contributed by atoms with Crippen LogP contribution in [0, 0.1) is 0 Å². The lowest BCUT2D eigenvalue weighted by atomic mass is 9.79. The number of rotatable bonds is 5. The Hall–Kier alpha value is -6.26. The molecule has 1 N–H and O–H groups in total. The van der Waals surface area contributed by atoms with Gasteiger partial charge in [-0.2, -0.15) is 0 Å². The maximum Gasteiger partial charge on any atom is 0.149 e. The fraction of sp³-hybridized carbons (Fsp3) is 0.208. The van der Waals surface area contributed by atoms with Crippen molar-refractivity contribution in [2.45, 2.75) is 71.6 Å². The van der Waals surface area contributed by atoms with E-state index in [-0.39, 0.29) is 22.0 Å². The van der Waals surface area contributed by atoms with Gasteiger partial charge in [-0.3, -0.25) is 9.55 Å². The van der Waals surface area contributed by atoms with E-state index < -0.39 is 0 Å². The largest absolute Gasteiger partial charge is 0.507 e. The van der Waals surface area contributed by atoms with Crippen LogP contribution in [0.2, 0.25) is 0 Å². The third kappa shape index (κ3) is 6.06. The van der Waals surface area contributed by atoms with E-state index in [1.807, 2.05) is 12.3 Å². The van der Waals surface area contributed by atoms with E-state index in [2.05, 4.69) is 193 Å². The lowest BCUT2D eigenvalue weighted by Crippen LogP contribution is -2.17. The predicted octanol–water partition coefficient (Wildman–Crippen LogP) is 13.7. The van der Waals surface area contributed by atoms with E-state index in [1.54, 1.807) is 0 Å². The first-order valence-corrected chi connectivity index (χ1v) is 20.0. The second kappa shape index (κ2) is 13.2. The maximum absolute atomic E-state index is 12.2. The normalized spacial score (nSPS) is 13.5. The second-order valence-corrected chi connectivity index (χ2v) is 18.1. The number of aromatic hydroxyl groups is 1. The fourth-order valence-electron chi connectivity index (χ4n) is 8.74. The van der Waals surface area contributed by atoms with E-state index in [1.165, 1.54) is 22.3 Å². The molecule has 0 bridgehead atoms. The summed E-state index contributed by atoms with van der Waals surface area (Å²) in [6.45, 7) is 17.8. The van der Waals surface area contributed by atoms with E-state index in [9.17, 15) is 5.11 Å². The lowest BCUT2D eigenvalue weighted by Gasteiger charge is -2.27. The molecule has 4 heteroatoms. The smallest absolute Gasteiger partial charge is 0.149 e. The molecule has 6 aromatic carbocycles. The van der Waals surface area contributed by atoms with Gasteiger partial charge < -0.3 is 5.11 Å². The van der Waals surface area contributed by atoms with Gasteiger partial charge in [-0.15, -0.1) is 0 Å². The summed E-state index contributed by atoms with van der Waals surface area (Å²) in [4.78, 5) is 10.7. The van der Waals surface area contributed by atoms with Gasteiger partial charge in [-0.05, 0) is 98.3 Å². The molecule has 0 unspecified atom stereocenters. The number of aromatic nitrogens is 3. The van der Waals surface area contributed by atoms with Gasteiger partial charge in [-0.25, -0.2) is 4.98 Å². The number of para-hydroxylation sites is 2. The molecule has 1 aliphatic rings. The van der Waals surface area contributed by atoms with Gasteiger partial charge in [0.25, 0.3) is 0 Å². The quantitative estimate of drug-likeness (QED) is 0.191. The zero-order chi connectivity index (χ0) is 39.9. The van der Waals surface area contributed by atoms with Gasteiger partial charge in [0.2, 0.25) is 0 Å². The first kappa shape index (κ1) is 36.4. The number of phenolic OH excluding ortho intramolecular Hbond substituents is 1. The maximum atomic E-state index is 12.2. The van der Waals surface area contributed by atoms with Crippen molar-refractivity contribution in [2.75, 3.05) is 0 Å². The zero-order valence-corrected chi connectivity index (χ0v) is 34.1. The monoisotopic (exact) mass is 743 g/mol. The molecule has 0 aliphatic heterocycles. The minimum absolute atomic E-state index is 0.140. The summed E-state index contributed by atoms with van der Waals surface area (Å²) in [6, 6.07) is 49.5. The van der Waals surface area contributed by atoms with Crippen LogP contribution in [-0.4, -0.2) is 19.6 Å². The molecule has 0 radical (unpaired) electrons. The van der Waals surface area contributed by atoms with Crippen LogP contribution < -0.4 is 0 Å². The summed E-state index contributed by atoms with van der Waals surface area (Å²) in [6.07, 6.45) is 1.97. The number of hydrogen-bond donors (Lipinski definition) is 1. The van der Waals surface area contributed by atoms with Crippen LogP contribution in [-0.2, 0) is 16.2 Å². The van der Waals surface area contributed by atoms with Gasteiger partial charge in [0.15, 0.2) is 0 Å². The lowest BCUT2D eigenvalue weighted by molar-refractivity contribution is 0.446. The molecule has 0 amide bonds. The number of imidazole rings is 1. The molecular weight excluding hydrogens is 695 g/mol. The van der Waals surface area contributed by atoms with Crippen molar-refractivity contribution in [1.82, 2.24) is 14.5 Å². The van der Waals surface area contributed by atoms with Crippen LogP contribution in [0.5, 0.6) is 5.75 Å². The molecule has 2 heterocycles. The Balaban J connectivity index is 1.34. The molecule has 8 aromatic rings. The number of pyridine rings is 1. The average Bonchev–Trinajstić information content (AvgIpc) is 3.70. The van der Waals surface area contributed by atoms with Gasteiger partial charge in [0, 0.05) is 39.6 Å². The van der Waals surface area contributed by atoms with E-state index >= 15 is 0 Å². The molecule has 1 aliphatic carbocycles. The second-order valence-electron chi connectivity index (χ2n) is 18.1. The van der Waals surface area contributed by atoms with Crippen LogP contribution in [0.4, 0.5) is 0 Å². The van der Waals surface area contributed by atoms with Crippen LogP contribution >= 0.6 is 0 Å². The molecule has 282 valence electrons. The summed E-state index contributed by atoms with van der Waals surface area (Å²) in [5.74, 6) is 0.976. The minimum atomic E-state index is -0.287. The molecule has 0 saturated heterocycles. The van der Waals surface area contributed by atoms with Gasteiger partial charge in [0.05, 0.1) is 22.3 Å². The van der Waals surface area contributed by atoms with Crippen LogP contribution in [0.25, 0.3) is 72.7 Å². The standard InChI is InChI=1S/C53H49N3O/c1-51(2,3)37-31-41(49(57)44(32-37)52(4,5)6)50-55-48-39(23-17-25-45(48)56(50)38-20-13-10-14-21-38)35-28-34(33-18-11-9-12-19-33)29-36(30-35)47-46-40-22-15-16-24-42(40)53(7,8)43(46)26-27-54-47/h9-32,57H,1-8H3. The van der Waals surface area contributed by atoms with Crippen LogP contribution in [0.3, 0.4) is 0 Å². The number of phenols is 1.